The molecule has 0 aromatic rings. The number of amides is 1. The maximum atomic E-state index is 15.9. The second-order valence-corrected chi connectivity index (χ2v) is 10.5. The van der Waals surface area contributed by atoms with E-state index in [1.807, 2.05) is 14.1 Å². The normalized spacial score (nSPS) is 59.7. The zero-order chi connectivity index (χ0) is 18.5. The Morgan fingerprint density at radius 1 is 1.22 bits per heavy atom. The van der Waals surface area contributed by atoms with Crippen LogP contribution in [0.3, 0.4) is 0 Å². The summed E-state index contributed by atoms with van der Waals surface area (Å²) in [4.78, 5) is 18.3. The fourth-order valence-corrected chi connectivity index (χ4v) is 10.9. The number of fused-ring (bicyclic) bond motifs is 3. The minimum atomic E-state index is -0.558. The first-order valence-corrected chi connectivity index (χ1v) is 10.5. The van der Waals surface area contributed by atoms with E-state index in [0.717, 1.165) is 24.1 Å². The Morgan fingerprint density at radius 3 is 2.67 bits per heavy atom. The predicted molar refractivity (Wildman–Crippen MR) is 98.8 cm³/mol. The Morgan fingerprint density at radius 2 is 1.96 bits per heavy atom. The van der Waals surface area contributed by atoms with Crippen LogP contribution in [0.4, 0.5) is 4.39 Å². The molecule has 0 aromatic heterocycles. The molecule has 2 N–H and O–H groups in total. The summed E-state index contributed by atoms with van der Waals surface area (Å²) >= 11 is 0. The quantitative estimate of drug-likeness (QED) is 0.763. The molecule has 6 saturated carbocycles. The second kappa shape index (κ2) is 4.04. The fourth-order valence-electron chi connectivity index (χ4n) is 10.9. The summed E-state index contributed by atoms with van der Waals surface area (Å²) in [5, 5.41) is 0. The number of hydrogen-bond donors (Lipinski definition) is 1. The molecular weight excluding hydrogens is 341 g/mol. The molecule has 7 rings (SSSR count). The first kappa shape index (κ1) is 15.3. The average Bonchev–Trinajstić information content (AvgIpc) is 3.29. The Kier molecular flexibility index (Phi) is 2.29. The molecular formula is C22H26FN3O. The highest BCUT2D eigenvalue weighted by molar-refractivity contribution is 5.96. The molecule has 1 aliphatic heterocycles. The Balaban J connectivity index is 1.54. The highest BCUT2D eigenvalue weighted by Crippen LogP contribution is 3.01. The SMILES string of the molecule is CN(C)C1=NC=C(F)C12C1CC3CC4C5CC6CC1C65C32C4/C=C\C(N)=O. The Labute approximate surface area is 158 Å². The van der Waals surface area contributed by atoms with E-state index in [9.17, 15) is 4.79 Å². The molecule has 0 radical (unpaired) electrons. The van der Waals surface area contributed by atoms with Gasteiger partial charge in [-0.2, -0.15) is 0 Å². The lowest BCUT2D eigenvalue weighted by Gasteiger charge is -2.74. The molecule has 1 amide bonds. The summed E-state index contributed by atoms with van der Waals surface area (Å²) in [6.07, 6.45) is 10.1. The van der Waals surface area contributed by atoms with Crippen LogP contribution in [-0.4, -0.2) is 30.7 Å². The Hall–Kier alpha value is -1.65. The monoisotopic (exact) mass is 367 g/mol. The number of nitrogens with zero attached hydrogens (tertiary/aromatic N) is 2. The first-order valence-electron chi connectivity index (χ1n) is 10.5. The van der Waals surface area contributed by atoms with Crippen molar-refractivity contribution in [2.24, 2.45) is 68.4 Å². The third kappa shape index (κ3) is 1.08. The van der Waals surface area contributed by atoms with Crippen LogP contribution in [0.15, 0.2) is 29.2 Å². The van der Waals surface area contributed by atoms with Crippen LogP contribution < -0.4 is 5.73 Å². The van der Waals surface area contributed by atoms with Crippen LogP contribution in [0.5, 0.6) is 0 Å². The highest BCUT2D eigenvalue weighted by Gasteiger charge is 2.99. The zero-order valence-electron chi connectivity index (χ0n) is 15.9. The number of carbonyl (C=O) groups is 1. The van der Waals surface area contributed by atoms with Crippen molar-refractivity contribution in [3.8, 4) is 0 Å². The molecule has 5 heteroatoms. The smallest absolute Gasteiger partial charge is 0.241 e. The molecule has 6 aliphatic carbocycles. The van der Waals surface area contributed by atoms with Crippen LogP contribution >= 0.6 is 0 Å². The lowest BCUT2D eigenvalue weighted by atomic mass is 9.29. The van der Waals surface area contributed by atoms with Gasteiger partial charge in [-0.3, -0.25) is 4.79 Å². The number of halogens is 1. The lowest BCUT2D eigenvalue weighted by Crippen LogP contribution is -2.70. The minimum Gasteiger partial charge on any atom is -0.366 e. The molecule has 7 aliphatic rings. The van der Waals surface area contributed by atoms with E-state index in [0.29, 0.717) is 29.1 Å². The van der Waals surface area contributed by atoms with Crippen LogP contribution in [-0.2, 0) is 4.79 Å². The van der Waals surface area contributed by atoms with Crippen molar-refractivity contribution >= 4 is 11.7 Å². The summed E-state index contributed by atoms with van der Waals surface area (Å²) in [6, 6.07) is 0. The van der Waals surface area contributed by atoms with Gasteiger partial charge in [-0.05, 0) is 78.6 Å². The third-order valence-electron chi connectivity index (χ3n) is 10.6. The van der Waals surface area contributed by atoms with E-state index >= 15 is 4.39 Å². The molecule has 10 atom stereocenters. The standard InChI is InChI=1S/C22H26FN3O/c1-26(2)19-21(17(23)9-25-19)16-8-11-5-12-13(3-4-18(24)27)22(11,21)20-10(6-14(12)20)7-15(16)20/h3-4,9-16H,5-8H2,1-2H3,(H2,24,27)/b4-3-. The van der Waals surface area contributed by atoms with Crippen molar-refractivity contribution in [1.82, 2.24) is 4.90 Å². The molecule has 6 fully saturated rings. The number of carbonyl (C=O) groups excluding carboxylic acids is 1. The molecule has 0 aromatic carbocycles. The van der Waals surface area contributed by atoms with E-state index in [1.165, 1.54) is 25.5 Å². The van der Waals surface area contributed by atoms with E-state index < -0.39 is 5.41 Å². The van der Waals surface area contributed by atoms with Gasteiger partial charge in [0, 0.05) is 19.5 Å². The molecule has 0 saturated heterocycles. The number of nitrogens with two attached hydrogens (primary N) is 1. The Bertz CT molecular complexity index is 907. The molecule has 3 bridgehead atoms. The van der Waals surface area contributed by atoms with E-state index in [2.05, 4.69) is 16.0 Å². The van der Waals surface area contributed by atoms with Crippen molar-refractivity contribution in [3.63, 3.8) is 0 Å². The van der Waals surface area contributed by atoms with Gasteiger partial charge in [0.25, 0.3) is 0 Å². The number of hydrogen-bond acceptors (Lipinski definition) is 3. The predicted octanol–water partition coefficient (Wildman–Crippen LogP) is 2.73. The van der Waals surface area contributed by atoms with Gasteiger partial charge in [0.1, 0.15) is 11.7 Å². The van der Waals surface area contributed by atoms with Crippen LogP contribution in [0, 0.1) is 57.7 Å². The summed E-state index contributed by atoms with van der Waals surface area (Å²) in [7, 11) is 4.04. The molecule has 27 heavy (non-hydrogen) atoms. The van der Waals surface area contributed by atoms with E-state index in [-0.39, 0.29) is 23.1 Å². The van der Waals surface area contributed by atoms with Crippen LogP contribution in [0.1, 0.15) is 25.7 Å². The largest absolute Gasteiger partial charge is 0.366 e. The van der Waals surface area contributed by atoms with Crippen molar-refractivity contribution < 1.29 is 9.18 Å². The van der Waals surface area contributed by atoms with Crippen molar-refractivity contribution in [2.45, 2.75) is 25.7 Å². The van der Waals surface area contributed by atoms with Crippen molar-refractivity contribution in [3.05, 3.63) is 24.2 Å². The summed E-state index contributed by atoms with van der Waals surface area (Å²) in [6.45, 7) is 0. The third-order valence-corrected chi connectivity index (χ3v) is 10.6. The highest BCUT2D eigenvalue weighted by atomic mass is 19.1. The molecule has 1 heterocycles. The zero-order valence-corrected chi connectivity index (χ0v) is 15.9. The molecule has 10 unspecified atom stereocenters. The number of rotatable bonds is 2. The first-order chi connectivity index (χ1) is 12.9. The molecule has 3 spiro atoms. The minimum absolute atomic E-state index is 0.00639. The molecule has 4 nitrogen and oxygen atoms in total. The van der Waals surface area contributed by atoms with E-state index in [1.54, 1.807) is 6.08 Å². The number of primary amides is 1. The average molecular weight is 367 g/mol. The topological polar surface area (TPSA) is 58.7 Å². The van der Waals surface area contributed by atoms with Crippen molar-refractivity contribution in [1.29, 1.82) is 0 Å². The van der Waals surface area contributed by atoms with Gasteiger partial charge in [0.05, 0.1) is 11.6 Å². The van der Waals surface area contributed by atoms with Crippen molar-refractivity contribution in [2.75, 3.05) is 14.1 Å². The van der Waals surface area contributed by atoms with Gasteiger partial charge in [-0.15, -0.1) is 0 Å². The maximum absolute atomic E-state index is 15.9. The lowest BCUT2D eigenvalue weighted by molar-refractivity contribution is -0.271. The van der Waals surface area contributed by atoms with Gasteiger partial charge in [0.2, 0.25) is 5.91 Å². The molecule has 142 valence electrons. The van der Waals surface area contributed by atoms with Gasteiger partial charge >= 0.3 is 0 Å². The van der Waals surface area contributed by atoms with Crippen LogP contribution in [0.2, 0.25) is 0 Å². The number of amidine groups is 1. The summed E-state index contributed by atoms with van der Waals surface area (Å²) in [5.41, 5.74) is 5.15. The maximum Gasteiger partial charge on any atom is 0.241 e. The van der Waals surface area contributed by atoms with Crippen LogP contribution in [0.25, 0.3) is 0 Å². The van der Waals surface area contributed by atoms with E-state index in [4.69, 9.17) is 5.73 Å². The summed E-state index contributed by atoms with van der Waals surface area (Å²) in [5.74, 6) is 4.51. The fraction of sp³-hybridized carbons (Fsp3) is 0.727. The van der Waals surface area contributed by atoms with Gasteiger partial charge in [-0.25, -0.2) is 9.38 Å². The summed E-state index contributed by atoms with van der Waals surface area (Å²) < 4.78 is 15.9. The van der Waals surface area contributed by atoms with Gasteiger partial charge in [0.15, 0.2) is 0 Å². The second-order valence-electron chi connectivity index (χ2n) is 10.5. The van der Waals surface area contributed by atoms with Gasteiger partial charge in [-0.1, -0.05) is 6.08 Å². The van der Waals surface area contributed by atoms with Gasteiger partial charge < -0.3 is 10.6 Å². The number of allylic oxidation sites excluding steroid dienone is 1. The number of aliphatic imine (C=N–C) groups is 1.